The van der Waals surface area contributed by atoms with Crippen molar-refractivity contribution < 1.29 is 0 Å². The molecule has 0 spiro atoms. The Morgan fingerprint density at radius 2 is 1.95 bits per heavy atom. The molecule has 0 aliphatic rings. The van der Waals surface area contributed by atoms with Gasteiger partial charge in [0, 0.05) is 28.0 Å². The summed E-state index contributed by atoms with van der Waals surface area (Å²) in [5, 5.41) is 4.77. The van der Waals surface area contributed by atoms with Gasteiger partial charge in [-0.2, -0.15) is 0 Å². The third kappa shape index (κ3) is 3.98. The molecule has 0 saturated carbocycles. The normalized spacial score (nSPS) is 11.2. The first-order valence-electron chi connectivity index (χ1n) is 6.71. The summed E-state index contributed by atoms with van der Waals surface area (Å²) in [5.41, 5.74) is 0.930. The summed E-state index contributed by atoms with van der Waals surface area (Å²) in [6, 6.07) is 5.57. The zero-order valence-corrected chi connectivity index (χ0v) is 13.2. The van der Waals surface area contributed by atoms with E-state index in [1.807, 2.05) is 24.4 Å². The lowest BCUT2D eigenvalue weighted by atomic mass is 10.2. The Morgan fingerprint density at radius 1 is 1.25 bits per heavy atom. The summed E-state index contributed by atoms with van der Waals surface area (Å²) < 4.78 is 2.07. The molecule has 108 valence electrons. The van der Waals surface area contributed by atoms with E-state index in [4.69, 9.17) is 23.2 Å². The maximum absolute atomic E-state index is 6.21. The van der Waals surface area contributed by atoms with Crippen LogP contribution < -0.4 is 5.32 Å². The van der Waals surface area contributed by atoms with E-state index in [1.165, 1.54) is 0 Å². The molecule has 20 heavy (non-hydrogen) atoms. The first-order valence-corrected chi connectivity index (χ1v) is 7.47. The predicted octanol–water partition coefficient (Wildman–Crippen LogP) is 3.98. The number of aromatic nitrogens is 2. The molecule has 1 heterocycles. The molecule has 0 amide bonds. The SMILES string of the molecule is CC(C)CNCc1nccn1Cc1c(Cl)cccc1Cl. The highest BCUT2D eigenvalue weighted by Gasteiger charge is 2.09. The first-order chi connectivity index (χ1) is 9.58. The Labute approximate surface area is 129 Å². The van der Waals surface area contributed by atoms with Crippen LogP contribution >= 0.6 is 23.2 Å². The van der Waals surface area contributed by atoms with Crippen LogP contribution in [0, 0.1) is 5.92 Å². The minimum absolute atomic E-state index is 0.622. The molecular formula is C15H19Cl2N3. The van der Waals surface area contributed by atoms with Gasteiger partial charge in [0.1, 0.15) is 5.82 Å². The topological polar surface area (TPSA) is 29.9 Å². The van der Waals surface area contributed by atoms with Gasteiger partial charge < -0.3 is 9.88 Å². The van der Waals surface area contributed by atoms with Gasteiger partial charge in [0.2, 0.25) is 0 Å². The number of hydrogen-bond acceptors (Lipinski definition) is 2. The van der Waals surface area contributed by atoms with E-state index in [1.54, 1.807) is 6.20 Å². The maximum atomic E-state index is 6.21. The Morgan fingerprint density at radius 3 is 2.60 bits per heavy atom. The summed E-state index contributed by atoms with van der Waals surface area (Å²) in [7, 11) is 0. The number of rotatable bonds is 6. The van der Waals surface area contributed by atoms with Gasteiger partial charge in [-0.3, -0.25) is 0 Å². The average molecular weight is 312 g/mol. The molecule has 1 N–H and O–H groups in total. The standard InChI is InChI=1S/C15H19Cl2N3/c1-11(2)8-18-9-15-19-6-7-20(15)10-12-13(16)4-3-5-14(12)17/h3-7,11,18H,8-10H2,1-2H3. The highest BCUT2D eigenvalue weighted by atomic mass is 35.5. The van der Waals surface area contributed by atoms with Crippen molar-refractivity contribution in [2.75, 3.05) is 6.54 Å². The van der Waals surface area contributed by atoms with Crippen LogP contribution in [0.1, 0.15) is 25.2 Å². The van der Waals surface area contributed by atoms with Crippen LogP contribution in [-0.2, 0) is 13.1 Å². The van der Waals surface area contributed by atoms with Gasteiger partial charge in [-0.05, 0) is 24.6 Å². The van der Waals surface area contributed by atoms with Crippen molar-refractivity contribution in [1.82, 2.24) is 14.9 Å². The van der Waals surface area contributed by atoms with Crippen molar-refractivity contribution in [2.45, 2.75) is 26.9 Å². The molecule has 1 aromatic heterocycles. The van der Waals surface area contributed by atoms with Crippen molar-refractivity contribution in [3.05, 3.63) is 52.0 Å². The Balaban J connectivity index is 2.09. The minimum atomic E-state index is 0.622. The van der Waals surface area contributed by atoms with Crippen LogP contribution in [0.5, 0.6) is 0 Å². The minimum Gasteiger partial charge on any atom is -0.329 e. The van der Waals surface area contributed by atoms with Crippen LogP contribution in [-0.4, -0.2) is 16.1 Å². The highest BCUT2D eigenvalue weighted by Crippen LogP contribution is 2.25. The second kappa shape index (κ2) is 7.11. The molecule has 0 fully saturated rings. The predicted molar refractivity (Wildman–Crippen MR) is 84.3 cm³/mol. The molecule has 5 heteroatoms. The molecule has 0 atom stereocenters. The first kappa shape index (κ1) is 15.4. The van der Waals surface area contributed by atoms with Gasteiger partial charge in [-0.1, -0.05) is 43.1 Å². The van der Waals surface area contributed by atoms with Gasteiger partial charge in [-0.25, -0.2) is 4.98 Å². The highest BCUT2D eigenvalue weighted by molar-refractivity contribution is 6.35. The van der Waals surface area contributed by atoms with E-state index < -0.39 is 0 Å². The van der Waals surface area contributed by atoms with E-state index in [2.05, 4.69) is 28.7 Å². The Kier molecular flexibility index (Phi) is 5.46. The third-order valence-electron chi connectivity index (χ3n) is 3.03. The van der Waals surface area contributed by atoms with E-state index in [9.17, 15) is 0 Å². The van der Waals surface area contributed by atoms with Crippen LogP contribution in [0.4, 0.5) is 0 Å². The quantitative estimate of drug-likeness (QED) is 0.874. The maximum Gasteiger partial charge on any atom is 0.122 e. The number of nitrogens with one attached hydrogen (secondary N) is 1. The Bertz CT molecular complexity index is 544. The van der Waals surface area contributed by atoms with Crippen molar-refractivity contribution in [3.8, 4) is 0 Å². The van der Waals surface area contributed by atoms with E-state index in [0.717, 1.165) is 24.5 Å². The third-order valence-corrected chi connectivity index (χ3v) is 3.74. The number of nitrogens with zero attached hydrogens (tertiary/aromatic N) is 2. The molecular weight excluding hydrogens is 293 g/mol. The Hall–Kier alpha value is -1.03. The second-order valence-corrected chi connectivity index (χ2v) is 6.01. The van der Waals surface area contributed by atoms with Crippen LogP contribution in [0.2, 0.25) is 10.0 Å². The number of imidazole rings is 1. The van der Waals surface area contributed by atoms with E-state index in [-0.39, 0.29) is 0 Å². The molecule has 0 radical (unpaired) electrons. The monoisotopic (exact) mass is 311 g/mol. The van der Waals surface area contributed by atoms with Crippen LogP contribution in [0.15, 0.2) is 30.6 Å². The zero-order chi connectivity index (χ0) is 14.5. The number of hydrogen-bond donors (Lipinski definition) is 1. The molecule has 1 aromatic carbocycles. The van der Waals surface area contributed by atoms with Crippen molar-refractivity contribution >= 4 is 23.2 Å². The van der Waals surface area contributed by atoms with Gasteiger partial charge >= 0.3 is 0 Å². The summed E-state index contributed by atoms with van der Waals surface area (Å²) in [5.74, 6) is 1.61. The van der Waals surface area contributed by atoms with Gasteiger partial charge in [-0.15, -0.1) is 0 Å². The van der Waals surface area contributed by atoms with Crippen molar-refractivity contribution in [1.29, 1.82) is 0 Å². The summed E-state index contributed by atoms with van der Waals surface area (Å²) in [6.07, 6.45) is 3.75. The summed E-state index contributed by atoms with van der Waals surface area (Å²) in [4.78, 5) is 4.38. The fourth-order valence-electron chi connectivity index (χ4n) is 1.98. The second-order valence-electron chi connectivity index (χ2n) is 5.20. The van der Waals surface area contributed by atoms with Crippen molar-refractivity contribution in [3.63, 3.8) is 0 Å². The fraction of sp³-hybridized carbons (Fsp3) is 0.400. The van der Waals surface area contributed by atoms with E-state index in [0.29, 0.717) is 22.5 Å². The number of halogens is 2. The summed E-state index contributed by atoms with van der Waals surface area (Å²) >= 11 is 12.4. The van der Waals surface area contributed by atoms with Crippen LogP contribution in [0.3, 0.4) is 0 Å². The molecule has 0 aliphatic carbocycles. The molecule has 0 bridgehead atoms. The largest absolute Gasteiger partial charge is 0.329 e. The lowest BCUT2D eigenvalue weighted by Gasteiger charge is -2.12. The lowest BCUT2D eigenvalue weighted by Crippen LogP contribution is -2.21. The average Bonchev–Trinajstić information content (AvgIpc) is 2.81. The lowest BCUT2D eigenvalue weighted by molar-refractivity contribution is 0.533. The van der Waals surface area contributed by atoms with Gasteiger partial charge in [0.15, 0.2) is 0 Å². The summed E-state index contributed by atoms with van der Waals surface area (Å²) in [6.45, 7) is 6.72. The molecule has 3 nitrogen and oxygen atoms in total. The number of benzene rings is 1. The molecule has 2 aromatic rings. The molecule has 2 rings (SSSR count). The van der Waals surface area contributed by atoms with E-state index >= 15 is 0 Å². The molecule has 0 unspecified atom stereocenters. The zero-order valence-electron chi connectivity index (χ0n) is 11.7. The molecule has 0 aliphatic heterocycles. The fourth-order valence-corrected chi connectivity index (χ4v) is 2.49. The van der Waals surface area contributed by atoms with Gasteiger partial charge in [0.05, 0.1) is 13.1 Å². The van der Waals surface area contributed by atoms with Gasteiger partial charge in [0.25, 0.3) is 0 Å². The van der Waals surface area contributed by atoms with Crippen LogP contribution in [0.25, 0.3) is 0 Å². The molecule has 0 saturated heterocycles. The van der Waals surface area contributed by atoms with Crippen molar-refractivity contribution in [2.24, 2.45) is 5.92 Å². The smallest absolute Gasteiger partial charge is 0.122 e.